The zero-order valence-corrected chi connectivity index (χ0v) is 18.5. The standard InChI is InChI=1S/C26H23F2N5O/c1-3-21(34)13-17-11-18(14-19(27)12-17)25-23(29-2)16-30-26(32-25)31-20-7-8-22(28)24(15-20)33-9-5-4-6-10-33/h3,7-8,11-12,14-16H,1,4-6,9-10,13H2,(H,30,31,32). The van der Waals surface area contributed by atoms with Crippen LogP contribution in [0.15, 0.2) is 55.3 Å². The van der Waals surface area contributed by atoms with Crippen LogP contribution in [0.1, 0.15) is 24.8 Å². The van der Waals surface area contributed by atoms with Crippen LogP contribution in [0.25, 0.3) is 16.1 Å². The Hall–Kier alpha value is -4.12. The van der Waals surface area contributed by atoms with Crippen LogP contribution in [0.4, 0.5) is 31.8 Å². The Morgan fingerprint density at radius 2 is 1.97 bits per heavy atom. The van der Waals surface area contributed by atoms with Gasteiger partial charge in [0.05, 0.1) is 18.0 Å². The average molecular weight is 460 g/mol. The molecule has 172 valence electrons. The van der Waals surface area contributed by atoms with Gasteiger partial charge < -0.3 is 10.2 Å². The predicted octanol–water partition coefficient (Wildman–Crippen LogP) is 6.00. The van der Waals surface area contributed by atoms with E-state index in [1.165, 1.54) is 30.5 Å². The maximum absolute atomic E-state index is 14.5. The van der Waals surface area contributed by atoms with Crippen molar-refractivity contribution in [2.75, 3.05) is 23.3 Å². The van der Waals surface area contributed by atoms with Gasteiger partial charge in [-0.3, -0.25) is 4.79 Å². The Labute approximate surface area is 196 Å². The summed E-state index contributed by atoms with van der Waals surface area (Å²) >= 11 is 0. The normalized spacial score (nSPS) is 13.3. The number of allylic oxidation sites excluding steroid dienone is 1. The van der Waals surface area contributed by atoms with Gasteiger partial charge in [-0.2, -0.15) is 0 Å². The summed E-state index contributed by atoms with van der Waals surface area (Å²) in [6.07, 6.45) is 5.72. The largest absolute Gasteiger partial charge is 0.369 e. The van der Waals surface area contributed by atoms with Crippen molar-refractivity contribution < 1.29 is 13.6 Å². The van der Waals surface area contributed by atoms with Crippen molar-refractivity contribution in [2.24, 2.45) is 0 Å². The summed E-state index contributed by atoms with van der Waals surface area (Å²) in [6.45, 7) is 12.5. The lowest BCUT2D eigenvalue weighted by Gasteiger charge is -2.29. The van der Waals surface area contributed by atoms with Crippen molar-refractivity contribution >= 4 is 28.8 Å². The molecule has 0 spiro atoms. The second-order valence-corrected chi connectivity index (χ2v) is 8.07. The number of ketones is 1. The monoisotopic (exact) mass is 459 g/mol. The second-order valence-electron chi connectivity index (χ2n) is 8.07. The zero-order chi connectivity index (χ0) is 24.1. The molecule has 0 saturated carbocycles. The smallest absolute Gasteiger partial charge is 0.230 e. The van der Waals surface area contributed by atoms with E-state index < -0.39 is 5.82 Å². The number of halogens is 2. The van der Waals surface area contributed by atoms with E-state index in [1.807, 2.05) is 4.90 Å². The molecule has 1 aromatic heterocycles. The molecule has 0 bridgehead atoms. The van der Waals surface area contributed by atoms with E-state index in [1.54, 1.807) is 18.2 Å². The van der Waals surface area contributed by atoms with Gasteiger partial charge in [-0.25, -0.2) is 23.6 Å². The molecule has 0 unspecified atom stereocenters. The van der Waals surface area contributed by atoms with E-state index in [2.05, 4.69) is 26.7 Å². The molecule has 1 saturated heterocycles. The summed E-state index contributed by atoms with van der Waals surface area (Å²) in [6, 6.07) is 8.86. The van der Waals surface area contributed by atoms with E-state index in [4.69, 9.17) is 6.57 Å². The molecule has 0 atom stereocenters. The SMILES string of the molecule is [C-]#[N+]c1cnc(Nc2ccc(F)c(N3CCCCC3)c2)nc1-c1cc(F)cc(CC(=O)C=C)c1. The fraction of sp³-hybridized carbons (Fsp3) is 0.231. The minimum Gasteiger partial charge on any atom is -0.369 e. The van der Waals surface area contributed by atoms with Gasteiger partial charge in [-0.05, 0) is 66.8 Å². The summed E-state index contributed by atoms with van der Waals surface area (Å²) in [4.78, 5) is 25.8. The topological polar surface area (TPSA) is 62.5 Å². The first-order chi connectivity index (χ1) is 16.5. The van der Waals surface area contributed by atoms with Gasteiger partial charge in [0.15, 0.2) is 5.78 Å². The molecular formula is C26H23F2N5O. The zero-order valence-electron chi connectivity index (χ0n) is 18.5. The molecule has 1 aliphatic rings. The third-order valence-corrected chi connectivity index (χ3v) is 5.63. The van der Waals surface area contributed by atoms with Crippen LogP contribution in [0.5, 0.6) is 0 Å². The van der Waals surface area contributed by atoms with E-state index in [-0.39, 0.29) is 35.4 Å². The van der Waals surface area contributed by atoms with Crippen molar-refractivity contribution in [3.8, 4) is 11.3 Å². The number of hydrogen-bond acceptors (Lipinski definition) is 5. The van der Waals surface area contributed by atoms with Crippen LogP contribution >= 0.6 is 0 Å². The van der Waals surface area contributed by atoms with Crippen LogP contribution in [0.2, 0.25) is 0 Å². The lowest BCUT2D eigenvalue weighted by Crippen LogP contribution is -2.30. The molecule has 0 radical (unpaired) electrons. The summed E-state index contributed by atoms with van der Waals surface area (Å²) in [5.74, 6) is -0.892. The second kappa shape index (κ2) is 10.2. The number of benzene rings is 2. The first-order valence-corrected chi connectivity index (χ1v) is 11.0. The van der Waals surface area contributed by atoms with E-state index >= 15 is 0 Å². The van der Waals surface area contributed by atoms with Crippen LogP contribution in [0.3, 0.4) is 0 Å². The van der Waals surface area contributed by atoms with Gasteiger partial charge >= 0.3 is 0 Å². The van der Waals surface area contributed by atoms with Crippen molar-refractivity contribution in [3.05, 3.63) is 83.9 Å². The first-order valence-electron chi connectivity index (χ1n) is 11.0. The third-order valence-electron chi connectivity index (χ3n) is 5.63. The maximum Gasteiger partial charge on any atom is 0.230 e. The highest BCUT2D eigenvalue weighted by molar-refractivity contribution is 5.91. The van der Waals surface area contributed by atoms with Crippen molar-refractivity contribution in [1.29, 1.82) is 0 Å². The predicted molar refractivity (Wildman–Crippen MR) is 128 cm³/mol. The van der Waals surface area contributed by atoms with Gasteiger partial charge in [0.1, 0.15) is 11.6 Å². The Morgan fingerprint density at radius 1 is 1.18 bits per heavy atom. The molecule has 3 aromatic rings. The molecule has 1 aliphatic heterocycles. The number of rotatable bonds is 7. The Kier molecular flexibility index (Phi) is 6.93. The average Bonchev–Trinajstić information content (AvgIpc) is 2.85. The fourth-order valence-corrected chi connectivity index (χ4v) is 3.99. The molecule has 8 heteroatoms. The molecule has 2 aromatic carbocycles. The van der Waals surface area contributed by atoms with E-state index in [0.29, 0.717) is 22.5 Å². The fourth-order valence-electron chi connectivity index (χ4n) is 3.99. The van der Waals surface area contributed by atoms with Gasteiger partial charge in [0.2, 0.25) is 11.6 Å². The van der Waals surface area contributed by atoms with Gasteiger partial charge in [-0.15, -0.1) is 0 Å². The molecule has 4 rings (SSSR count). The lowest BCUT2D eigenvalue weighted by atomic mass is 10.0. The molecule has 6 nitrogen and oxygen atoms in total. The molecule has 0 aliphatic carbocycles. The molecule has 1 N–H and O–H groups in total. The summed E-state index contributed by atoms with van der Waals surface area (Å²) in [7, 11) is 0. The number of aromatic nitrogens is 2. The summed E-state index contributed by atoms with van der Waals surface area (Å²) in [5, 5.41) is 3.06. The molecular weight excluding hydrogens is 436 g/mol. The van der Waals surface area contributed by atoms with E-state index in [9.17, 15) is 13.6 Å². The van der Waals surface area contributed by atoms with Gasteiger partial charge in [-0.1, -0.05) is 12.6 Å². The van der Waals surface area contributed by atoms with Crippen molar-refractivity contribution in [2.45, 2.75) is 25.7 Å². The van der Waals surface area contributed by atoms with Crippen LogP contribution in [0, 0.1) is 18.2 Å². The number of carbonyl (C=O) groups is 1. The number of anilines is 3. The molecule has 34 heavy (non-hydrogen) atoms. The Morgan fingerprint density at radius 3 is 2.71 bits per heavy atom. The number of piperidine rings is 1. The highest BCUT2D eigenvalue weighted by atomic mass is 19.1. The number of hydrogen-bond donors (Lipinski definition) is 1. The number of nitrogens with zero attached hydrogens (tertiary/aromatic N) is 4. The lowest BCUT2D eigenvalue weighted by molar-refractivity contribution is -0.114. The maximum atomic E-state index is 14.5. The molecule has 2 heterocycles. The Bertz CT molecular complexity index is 1280. The number of nitrogens with one attached hydrogen (secondary N) is 1. The van der Waals surface area contributed by atoms with E-state index in [0.717, 1.165) is 32.4 Å². The van der Waals surface area contributed by atoms with Gasteiger partial charge in [0, 0.05) is 31.4 Å². The van der Waals surface area contributed by atoms with Crippen LogP contribution in [-0.2, 0) is 11.2 Å². The third kappa shape index (κ3) is 5.26. The van der Waals surface area contributed by atoms with Crippen molar-refractivity contribution in [3.63, 3.8) is 0 Å². The van der Waals surface area contributed by atoms with Crippen LogP contribution < -0.4 is 10.2 Å². The minimum absolute atomic E-state index is 0.00728. The highest BCUT2D eigenvalue weighted by Gasteiger charge is 2.17. The first kappa shape index (κ1) is 23.1. The van der Waals surface area contributed by atoms with Crippen molar-refractivity contribution in [1.82, 2.24) is 9.97 Å². The number of carbonyl (C=O) groups excluding carboxylic acids is 1. The Balaban J connectivity index is 1.66. The molecule has 0 amide bonds. The highest BCUT2D eigenvalue weighted by Crippen LogP contribution is 2.32. The van der Waals surface area contributed by atoms with Gasteiger partial charge in [0.25, 0.3) is 0 Å². The molecule has 1 fully saturated rings. The summed E-state index contributed by atoms with van der Waals surface area (Å²) < 4.78 is 28.8. The quantitative estimate of drug-likeness (QED) is 0.347. The van der Waals surface area contributed by atoms with Crippen LogP contribution in [-0.4, -0.2) is 28.8 Å². The minimum atomic E-state index is -0.543. The summed E-state index contributed by atoms with van der Waals surface area (Å²) in [5.41, 5.74) is 2.30.